The zero-order valence-electron chi connectivity index (χ0n) is 9.77. The quantitative estimate of drug-likeness (QED) is 0.876. The first-order valence-electron chi connectivity index (χ1n) is 5.80. The molecule has 2 atom stereocenters. The van der Waals surface area contributed by atoms with Crippen molar-refractivity contribution < 1.29 is 14.3 Å². The molecule has 92 valence electrons. The maximum atomic E-state index is 12.8. The minimum Gasteiger partial charge on any atom is -0.481 e. The summed E-state index contributed by atoms with van der Waals surface area (Å²) in [6.07, 6.45) is 0.695. The summed E-state index contributed by atoms with van der Waals surface area (Å²) < 4.78 is 12.8. The van der Waals surface area contributed by atoms with Gasteiger partial charge in [-0.2, -0.15) is 0 Å². The molecule has 1 aliphatic rings. The Kier molecular flexibility index (Phi) is 3.43. The molecule has 0 aliphatic carbocycles. The summed E-state index contributed by atoms with van der Waals surface area (Å²) in [4.78, 5) is 13.0. The van der Waals surface area contributed by atoms with E-state index in [2.05, 4.69) is 4.90 Å². The van der Waals surface area contributed by atoms with Crippen molar-refractivity contribution in [2.75, 3.05) is 13.1 Å². The zero-order valence-corrected chi connectivity index (χ0v) is 9.77. The van der Waals surface area contributed by atoms with Crippen molar-refractivity contribution in [2.45, 2.75) is 19.4 Å². The van der Waals surface area contributed by atoms with Gasteiger partial charge in [-0.25, -0.2) is 4.39 Å². The second-order valence-electron chi connectivity index (χ2n) is 4.55. The van der Waals surface area contributed by atoms with Crippen molar-refractivity contribution >= 4 is 5.97 Å². The lowest BCUT2D eigenvalue weighted by Gasteiger charge is -2.24. The van der Waals surface area contributed by atoms with Gasteiger partial charge in [-0.15, -0.1) is 0 Å². The molecule has 1 aromatic carbocycles. The molecule has 2 rings (SSSR count). The average Bonchev–Trinajstić information content (AvgIpc) is 2.78. The molecule has 4 heteroatoms. The first-order valence-corrected chi connectivity index (χ1v) is 5.80. The molecule has 0 spiro atoms. The fraction of sp³-hybridized carbons (Fsp3) is 0.462. The average molecular weight is 237 g/mol. The Balaban J connectivity index is 2.04. The minimum absolute atomic E-state index is 0.139. The lowest BCUT2D eigenvalue weighted by atomic mass is 10.1. The number of hydrogen-bond donors (Lipinski definition) is 1. The molecule has 0 saturated carbocycles. The van der Waals surface area contributed by atoms with E-state index in [9.17, 15) is 9.18 Å². The molecule has 0 aromatic heterocycles. The van der Waals surface area contributed by atoms with Crippen LogP contribution in [0.1, 0.15) is 24.9 Å². The summed E-state index contributed by atoms with van der Waals surface area (Å²) >= 11 is 0. The van der Waals surface area contributed by atoms with Gasteiger partial charge < -0.3 is 5.11 Å². The van der Waals surface area contributed by atoms with E-state index in [1.165, 1.54) is 12.1 Å². The van der Waals surface area contributed by atoms with Crippen LogP contribution in [0, 0.1) is 11.7 Å². The van der Waals surface area contributed by atoms with Gasteiger partial charge in [0.25, 0.3) is 0 Å². The van der Waals surface area contributed by atoms with Crippen LogP contribution in [-0.2, 0) is 4.79 Å². The van der Waals surface area contributed by atoms with Gasteiger partial charge >= 0.3 is 5.97 Å². The highest BCUT2D eigenvalue weighted by Gasteiger charge is 2.30. The lowest BCUT2D eigenvalue weighted by molar-refractivity contribution is -0.141. The van der Waals surface area contributed by atoms with E-state index in [4.69, 9.17) is 5.11 Å². The molecule has 0 amide bonds. The highest BCUT2D eigenvalue weighted by atomic mass is 19.1. The molecule has 0 radical (unpaired) electrons. The van der Waals surface area contributed by atoms with Crippen LogP contribution in [0.3, 0.4) is 0 Å². The fourth-order valence-electron chi connectivity index (χ4n) is 2.29. The normalized spacial score (nSPS) is 22.6. The maximum Gasteiger partial charge on any atom is 0.307 e. The number of aliphatic carboxylic acids is 1. The smallest absolute Gasteiger partial charge is 0.307 e. The van der Waals surface area contributed by atoms with Crippen LogP contribution >= 0.6 is 0 Å². The second-order valence-corrected chi connectivity index (χ2v) is 4.55. The molecule has 1 heterocycles. The Morgan fingerprint density at radius 1 is 1.47 bits per heavy atom. The van der Waals surface area contributed by atoms with Gasteiger partial charge in [-0.1, -0.05) is 12.1 Å². The summed E-state index contributed by atoms with van der Waals surface area (Å²) in [6.45, 7) is 3.39. The summed E-state index contributed by atoms with van der Waals surface area (Å²) in [7, 11) is 0. The molecular formula is C13H16FNO2. The standard InChI is InChI=1S/C13H16FNO2/c1-9(10-2-4-12(14)5-3-10)15-7-6-11(8-15)13(16)17/h2-5,9,11H,6-8H2,1H3,(H,16,17)/t9-,11-/m0/s1. The van der Waals surface area contributed by atoms with Crippen LogP contribution in [-0.4, -0.2) is 29.1 Å². The predicted molar refractivity (Wildman–Crippen MR) is 62.1 cm³/mol. The highest BCUT2D eigenvalue weighted by Crippen LogP contribution is 2.27. The zero-order chi connectivity index (χ0) is 12.4. The Labute approximate surface area is 99.9 Å². The van der Waals surface area contributed by atoms with Gasteiger partial charge in [0.05, 0.1) is 5.92 Å². The molecule has 1 fully saturated rings. The molecule has 1 saturated heterocycles. The topological polar surface area (TPSA) is 40.5 Å². The number of nitrogens with zero attached hydrogens (tertiary/aromatic N) is 1. The van der Waals surface area contributed by atoms with Gasteiger partial charge in [0, 0.05) is 12.6 Å². The van der Waals surface area contributed by atoms with Crippen LogP contribution in [0.25, 0.3) is 0 Å². The summed E-state index contributed by atoms with van der Waals surface area (Å²) in [5.74, 6) is -1.23. The van der Waals surface area contributed by atoms with Crippen molar-refractivity contribution in [2.24, 2.45) is 5.92 Å². The van der Waals surface area contributed by atoms with E-state index >= 15 is 0 Å². The van der Waals surface area contributed by atoms with Crippen LogP contribution in [0.15, 0.2) is 24.3 Å². The number of rotatable bonds is 3. The number of likely N-dealkylation sites (tertiary alicyclic amines) is 1. The molecule has 3 nitrogen and oxygen atoms in total. The van der Waals surface area contributed by atoms with Crippen molar-refractivity contribution in [3.63, 3.8) is 0 Å². The Bertz CT molecular complexity index is 404. The van der Waals surface area contributed by atoms with Gasteiger partial charge in [0.2, 0.25) is 0 Å². The van der Waals surface area contributed by atoms with Gasteiger partial charge in [-0.3, -0.25) is 9.69 Å². The predicted octanol–water partition coefficient (Wildman–Crippen LogP) is 2.29. The molecule has 1 N–H and O–H groups in total. The third-order valence-corrected chi connectivity index (χ3v) is 3.47. The Morgan fingerprint density at radius 2 is 2.12 bits per heavy atom. The molecule has 1 aromatic rings. The molecular weight excluding hydrogens is 221 g/mol. The minimum atomic E-state index is -0.723. The number of hydrogen-bond acceptors (Lipinski definition) is 2. The van der Waals surface area contributed by atoms with E-state index in [1.54, 1.807) is 12.1 Å². The van der Waals surface area contributed by atoms with E-state index in [0.29, 0.717) is 13.0 Å². The van der Waals surface area contributed by atoms with Crippen LogP contribution in [0.4, 0.5) is 4.39 Å². The Morgan fingerprint density at radius 3 is 2.65 bits per heavy atom. The highest BCUT2D eigenvalue weighted by molar-refractivity contribution is 5.70. The first-order chi connectivity index (χ1) is 8.08. The molecule has 17 heavy (non-hydrogen) atoms. The lowest BCUT2D eigenvalue weighted by Crippen LogP contribution is -2.26. The van der Waals surface area contributed by atoms with Crippen LogP contribution in [0.2, 0.25) is 0 Å². The van der Waals surface area contributed by atoms with E-state index in [0.717, 1.165) is 12.1 Å². The maximum absolute atomic E-state index is 12.8. The van der Waals surface area contributed by atoms with Crippen molar-refractivity contribution in [1.82, 2.24) is 4.90 Å². The second kappa shape index (κ2) is 4.84. The summed E-state index contributed by atoms with van der Waals surface area (Å²) in [5.41, 5.74) is 1.03. The van der Waals surface area contributed by atoms with Crippen molar-refractivity contribution in [3.05, 3.63) is 35.6 Å². The number of carboxylic acids is 1. The van der Waals surface area contributed by atoms with Gasteiger partial charge in [-0.05, 0) is 37.6 Å². The molecule has 0 bridgehead atoms. The van der Waals surface area contributed by atoms with E-state index in [1.807, 2.05) is 6.92 Å². The summed E-state index contributed by atoms with van der Waals surface area (Å²) in [6, 6.07) is 6.54. The van der Waals surface area contributed by atoms with Crippen LogP contribution in [0.5, 0.6) is 0 Å². The van der Waals surface area contributed by atoms with Gasteiger partial charge in [0.15, 0.2) is 0 Å². The van der Waals surface area contributed by atoms with Crippen molar-refractivity contribution in [3.8, 4) is 0 Å². The third kappa shape index (κ3) is 2.64. The number of carbonyl (C=O) groups is 1. The van der Waals surface area contributed by atoms with Gasteiger partial charge in [0.1, 0.15) is 5.82 Å². The largest absolute Gasteiger partial charge is 0.481 e. The first kappa shape index (κ1) is 12.0. The monoisotopic (exact) mass is 237 g/mol. The van der Waals surface area contributed by atoms with E-state index in [-0.39, 0.29) is 17.8 Å². The summed E-state index contributed by atoms with van der Waals surface area (Å²) in [5, 5.41) is 8.94. The van der Waals surface area contributed by atoms with Crippen molar-refractivity contribution in [1.29, 1.82) is 0 Å². The molecule has 1 aliphatic heterocycles. The SMILES string of the molecule is C[C@@H](c1ccc(F)cc1)N1CC[C@H](C(=O)O)C1. The Hall–Kier alpha value is -1.42. The number of benzene rings is 1. The molecule has 0 unspecified atom stereocenters. The van der Waals surface area contributed by atoms with E-state index < -0.39 is 5.97 Å². The number of halogens is 1. The third-order valence-electron chi connectivity index (χ3n) is 3.47. The van der Waals surface area contributed by atoms with Crippen LogP contribution < -0.4 is 0 Å². The fourth-order valence-corrected chi connectivity index (χ4v) is 2.29. The number of carboxylic acid groups (broad SMARTS) is 1.